The Bertz CT molecular complexity index is 644. The molecule has 1 unspecified atom stereocenters. The summed E-state index contributed by atoms with van der Waals surface area (Å²) in [6, 6.07) is 3.97. The van der Waals surface area contributed by atoms with E-state index in [-0.39, 0.29) is 11.6 Å². The molecule has 1 N–H and O–H groups in total. The smallest absolute Gasteiger partial charge is 0.373 e. The number of thioether (sulfide) groups is 1. The molecular weight excluding hydrogens is 319 g/mol. The Balaban J connectivity index is 2.42. The molecule has 1 aliphatic heterocycles. The number of hydrogen-bond donors (Lipinski definition) is 1. The molecule has 1 fully saturated rings. The standard InChI is InChI=1S/C10H8F3NO4S2/c11-10(12,13)20(17,18)7-3-1-2-6(4-7)14-5-19-9(16)8(14)15/h1-4,9,16H,5H2. The number of nitrogens with zero attached hydrogens (tertiary/aromatic N) is 1. The molecule has 0 aliphatic carbocycles. The Morgan fingerprint density at radius 3 is 2.50 bits per heavy atom. The number of aliphatic hydroxyl groups is 1. The van der Waals surface area contributed by atoms with Gasteiger partial charge in [-0.1, -0.05) is 17.8 Å². The molecule has 1 heterocycles. The summed E-state index contributed by atoms with van der Waals surface area (Å²) in [7, 11) is -5.47. The van der Waals surface area contributed by atoms with Crippen molar-refractivity contribution >= 4 is 33.2 Å². The largest absolute Gasteiger partial charge is 0.501 e. The number of halogens is 3. The van der Waals surface area contributed by atoms with Crippen LogP contribution < -0.4 is 4.90 Å². The highest BCUT2D eigenvalue weighted by molar-refractivity contribution is 8.01. The van der Waals surface area contributed by atoms with Crippen LogP contribution >= 0.6 is 11.8 Å². The molecule has 0 radical (unpaired) electrons. The first kappa shape index (κ1) is 15.1. The highest BCUT2D eigenvalue weighted by atomic mass is 32.2. The molecule has 1 aromatic rings. The summed E-state index contributed by atoms with van der Waals surface area (Å²) in [6.45, 7) is 0. The third-order valence-corrected chi connectivity index (χ3v) is 4.99. The van der Waals surface area contributed by atoms with Gasteiger partial charge in [-0.15, -0.1) is 0 Å². The lowest BCUT2D eigenvalue weighted by atomic mass is 10.3. The predicted molar refractivity (Wildman–Crippen MR) is 65.6 cm³/mol. The van der Waals surface area contributed by atoms with Gasteiger partial charge in [-0.3, -0.25) is 9.69 Å². The summed E-state index contributed by atoms with van der Waals surface area (Å²) < 4.78 is 59.9. The Kier molecular flexibility index (Phi) is 3.73. The van der Waals surface area contributed by atoms with Gasteiger partial charge in [0.1, 0.15) is 0 Å². The van der Waals surface area contributed by atoms with Gasteiger partial charge in [0.2, 0.25) is 0 Å². The van der Waals surface area contributed by atoms with Crippen molar-refractivity contribution in [2.45, 2.75) is 15.8 Å². The van der Waals surface area contributed by atoms with E-state index < -0.39 is 31.6 Å². The maximum atomic E-state index is 12.5. The van der Waals surface area contributed by atoms with Crippen molar-refractivity contribution in [3.63, 3.8) is 0 Å². The molecule has 20 heavy (non-hydrogen) atoms. The number of hydrogen-bond acceptors (Lipinski definition) is 5. The molecule has 0 bridgehead atoms. The normalized spacial score (nSPS) is 20.5. The minimum Gasteiger partial charge on any atom is -0.373 e. The fourth-order valence-corrected chi connectivity index (χ4v) is 3.20. The van der Waals surface area contributed by atoms with Crippen molar-refractivity contribution in [3.05, 3.63) is 24.3 Å². The molecule has 5 nitrogen and oxygen atoms in total. The third kappa shape index (κ3) is 2.50. The van der Waals surface area contributed by atoms with Gasteiger partial charge in [-0.2, -0.15) is 13.2 Å². The zero-order valence-electron chi connectivity index (χ0n) is 9.66. The van der Waals surface area contributed by atoms with E-state index in [9.17, 15) is 31.5 Å². The zero-order valence-corrected chi connectivity index (χ0v) is 11.3. The number of aliphatic hydroxyl groups excluding tert-OH is 1. The van der Waals surface area contributed by atoms with E-state index in [0.717, 1.165) is 34.9 Å². The van der Waals surface area contributed by atoms with E-state index in [4.69, 9.17) is 0 Å². The van der Waals surface area contributed by atoms with Crippen LogP contribution in [-0.4, -0.2) is 36.3 Å². The first-order chi connectivity index (χ1) is 9.14. The molecule has 1 aromatic carbocycles. The minimum absolute atomic E-state index is 0.00984. The van der Waals surface area contributed by atoms with Gasteiger partial charge in [0.05, 0.1) is 10.8 Å². The predicted octanol–water partition coefficient (Wildman–Crippen LogP) is 1.34. The van der Waals surface area contributed by atoms with Crippen LogP contribution in [0.1, 0.15) is 0 Å². The second kappa shape index (κ2) is 4.93. The summed E-state index contributed by atoms with van der Waals surface area (Å²) in [5.41, 5.74) is -6.71. The van der Waals surface area contributed by atoms with Crippen LogP contribution in [0.5, 0.6) is 0 Å². The van der Waals surface area contributed by atoms with Crippen molar-refractivity contribution in [2.75, 3.05) is 10.8 Å². The zero-order chi connectivity index (χ0) is 15.1. The van der Waals surface area contributed by atoms with Crippen molar-refractivity contribution in [1.29, 1.82) is 0 Å². The van der Waals surface area contributed by atoms with E-state index >= 15 is 0 Å². The van der Waals surface area contributed by atoms with E-state index in [1.165, 1.54) is 6.07 Å². The molecule has 10 heteroatoms. The fraction of sp³-hybridized carbons (Fsp3) is 0.300. The summed E-state index contributed by atoms with van der Waals surface area (Å²) in [4.78, 5) is 11.6. The Morgan fingerprint density at radius 2 is 2.00 bits per heavy atom. The van der Waals surface area contributed by atoms with Gasteiger partial charge in [0.25, 0.3) is 15.7 Å². The lowest BCUT2D eigenvalue weighted by Crippen LogP contribution is -2.29. The Morgan fingerprint density at radius 1 is 1.35 bits per heavy atom. The molecule has 0 spiro atoms. The van der Waals surface area contributed by atoms with Crippen LogP contribution in [0.2, 0.25) is 0 Å². The van der Waals surface area contributed by atoms with Gasteiger partial charge < -0.3 is 5.11 Å². The molecule has 0 aromatic heterocycles. The molecule has 1 aliphatic rings. The van der Waals surface area contributed by atoms with E-state index in [1.807, 2.05) is 0 Å². The highest BCUT2D eigenvalue weighted by Gasteiger charge is 2.47. The summed E-state index contributed by atoms with van der Waals surface area (Å²) in [5.74, 6) is -0.660. The second-order valence-corrected chi connectivity index (χ2v) is 6.84. The van der Waals surface area contributed by atoms with Crippen LogP contribution in [0.3, 0.4) is 0 Å². The van der Waals surface area contributed by atoms with Gasteiger partial charge in [0.15, 0.2) is 5.44 Å². The first-order valence-corrected chi connectivity index (χ1v) is 7.70. The molecule has 1 atom stereocenters. The highest BCUT2D eigenvalue weighted by Crippen LogP contribution is 2.34. The molecule has 1 amide bonds. The Labute approximate surface area is 116 Å². The number of amides is 1. The maximum Gasteiger partial charge on any atom is 0.501 e. The summed E-state index contributed by atoms with van der Waals surface area (Å²) in [5, 5.41) is 9.26. The SMILES string of the molecule is O=C1C(O)SCN1c1cccc(S(=O)(=O)C(F)(F)F)c1. The number of rotatable bonds is 2. The average Bonchev–Trinajstić information content (AvgIpc) is 2.69. The first-order valence-electron chi connectivity index (χ1n) is 5.17. The molecule has 0 saturated carbocycles. The number of anilines is 1. The van der Waals surface area contributed by atoms with Crippen molar-refractivity contribution in [3.8, 4) is 0 Å². The monoisotopic (exact) mass is 327 g/mol. The lowest BCUT2D eigenvalue weighted by Gasteiger charge is -2.16. The fourth-order valence-electron chi connectivity index (χ4n) is 1.57. The minimum atomic E-state index is -5.47. The molecular formula is C10H8F3NO4S2. The third-order valence-electron chi connectivity index (χ3n) is 2.58. The van der Waals surface area contributed by atoms with Crippen molar-refractivity contribution < 1.29 is 31.5 Å². The van der Waals surface area contributed by atoms with Crippen molar-refractivity contribution in [1.82, 2.24) is 0 Å². The maximum absolute atomic E-state index is 12.5. The summed E-state index contributed by atoms with van der Waals surface area (Å²) in [6.07, 6.45) is 0. The average molecular weight is 327 g/mol. The van der Waals surface area contributed by atoms with Gasteiger partial charge in [-0.05, 0) is 18.2 Å². The number of carbonyl (C=O) groups excluding carboxylic acids is 1. The van der Waals surface area contributed by atoms with E-state index in [0.29, 0.717) is 0 Å². The summed E-state index contributed by atoms with van der Waals surface area (Å²) >= 11 is 0.887. The van der Waals surface area contributed by atoms with Crippen LogP contribution in [0.25, 0.3) is 0 Å². The van der Waals surface area contributed by atoms with Crippen LogP contribution in [0.4, 0.5) is 18.9 Å². The molecule has 1 saturated heterocycles. The number of benzene rings is 1. The quantitative estimate of drug-likeness (QED) is 0.887. The van der Waals surface area contributed by atoms with Crippen LogP contribution in [0, 0.1) is 0 Å². The number of carbonyl (C=O) groups is 1. The number of alkyl halides is 3. The van der Waals surface area contributed by atoms with E-state index in [1.54, 1.807) is 0 Å². The lowest BCUT2D eigenvalue weighted by molar-refractivity contribution is -0.121. The second-order valence-electron chi connectivity index (χ2n) is 3.86. The topological polar surface area (TPSA) is 74.7 Å². The van der Waals surface area contributed by atoms with Gasteiger partial charge in [0, 0.05) is 5.69 Å². The van der Waals surface area contributed by atoms with Crippen molar-refractivity contribution in [2.24, 2.45) is 0 Å². The Hall–Kier alpha value is -1.26. The van der Waals surface area contributed by atoms with Gasteiger partial charge in [-0.25, -0.2) is 8.42 Å². The van der Waals surface area contributed by atoms with Gasteiger partial charge >= 0.3 is 5.51 Å². The van der Waals surface area contributed by atoms with Crippen LogP contribution in [-0.2, 0) is 14.6 Å². The molecule has 2 rings (SSSR count). The van der Waals surface area contributed by atoms with Crippen LogP contribution in [0.15, 0.2) is 29.2 Å². The van der Waals surface area contributed by atoms with E-state index in [2.05, 4.69) is 0 Å². The number of sulfone groups is 1. The molecule has 110 valence electrons.